The maximum atomic E-state index is 13.2. The van der Waals surface area contributed by atoms with Crippen LogP contribution >= 0.6 is 0 Å². The average Bonchev–Trinajstić information content (AvgIpc) is 3.08. The van der Waals surface area contributed by atoms with E-state index >= 15 is 0 Å². The minimum Gasteiger partial charge on any atom is -0.270 e. The molecule has 0 saturated heterocycles. The minimum atomic E-state index is -4.60. The highest BCUT2D eigenvalue weighted by Crippen LogP contribution is 2.39. The number of hydrogen-bond donors (Lipinski definition) is 0. The van der Waals surface area contributed by atoms with Crippen LogP contribution in [0.15, 0.2) is 58.5 Å². The zero-order valence-corrected chi connectivity index (χ0v) is 14.8. The Kier molecular flexibility index (Phi) is 4.96. The molecule has 0 aromatic heterocycles. The molecule has 1 unspecified atom stereocenters. The highest BCUT2D eigenvalue weighted by Gasteiger charge is 2.43. The van der Waals surface area contributed by atoms with Gasteiger partial charge in [0.2, 0.25) is 0 Å². The van der Waals surface area contributed by atoms with E-state index < -0.39 is 40.3 Å². The second kappa shape index (κ2) is 6.93. The number of hydrazone groups is 1. The third kappa shape index (κ3) is 3.96. The summed E-state index contributed by atoms with van der Waals surface area (Å²) in [5, 5.41) is 4.82. The van der Waals surface area contributed by atoms with Crippen LogP contribution in [0.25, 0.3) is 0 Å². The largest absolute Gasteiger partial charge is 0.431 e. The molecule has 0 fully saturated rings. The Hall–Kier alpha value is -2.46. The maximum absolute atomic E-state index is 13.2. The highest BCUT2D eigenvalue weighted by molar-refractivity contribution is 7.86. The summed E-state index contributed by atoms with van der Waals surface area (Å²) in [5.41, 5.74) is -0.253. The first-order chi connectivity index (χ1) is 12.6. The molecular formula is C17H14F4N2O3S. The lowest BCUT2D eigenvalue weighted by Gasteiger charge is -2.24. The molecule has 0 bridgehead atoms. The van der Waals surface area contributed by atoms with Gasteiger partial charge in [0.05, 0.1) is 23.7 Å². The third-order valence-corrected chi connectivity index (χ3v) is 5.39. The van der Waals surface area contributed by atoms with E-state index in [1.165, 1.54) is 36.4 Å². The van der Waals surface area contributed by atoms with Gasteiger partial charge in [-0.15, -0.1) is 0 Å². The van der Waals surface area contributed by atoms with Crippen molar-refractivity contribution in [2.24, 2.45) is 5.10 Å². The van der Waals surface area contributed by atoms with Crippen LogP contribution in [0.1, 0.15) is 18.0 Å². The monoisotopic (exact) mass is 402 g/mol. The first-order valence-electron chi connectivity index (χ1n) is 7.72. The van der Waals surface area contributed by atoms with Crippen LogP contribution in [-0.4, -0.2) is 27.4 Å². The summed E-state index contributed by atoms with van der Waals surface area (Å²) in [5.74, 6) is -0.524. The maximum Gasteiger partial charge on any atom is 0.431 e. The van der Waals surface area contributed by atoms with E-state index in [1.54, 1.807) is 0 Å². The van der Waals surface area contributed by atoms with E-state index in [4.69, 9.17) is 0 Å². The molecule has 2 aromatic carbocycles. The predicted octanol–water partition coefficient (Wildman–Crippen LogP) is 4.03. The highest BCUT2D eigenvalue weighted by atomic mass is 32.2. The topological polar surface area (TPSA) is 59.0 Å². The molecule has 10 heteroatoms. The fourth-order valence-corrected chi connectivity index (χ4v) is 3.39. The van der Waals surface area contributed by atoms with E-state index in [-0.39, 0.29) is 10.6 Å². The number of rotatable bonds is 4. The van der Waals surface area contributed by atoms with E-state index in [9.17, 15) is 26.0 Å². The molecule has 3 rings (SSSR count). The summed E-state index contributed by atoms with van der Waals surface area (Å²) in [6.07, 6.45) is -5.02. The van der Waals surface area contributed by atoms with Crippen LogP contribution in [0.4, 0.5) is 23.2 Å². The van der Waals surface area contributed by atoms with Crippen LogP contribution in [0.2, 0.25) is 0 Å². The Labute approximate surface area is 153 Å². The summed E-state index contributed by atoms with van der Waals surface area (Å²) in [4.78, 5) is -0.114. The number of anilines is 1. The van der Waals surface area contributed by atoms with Crippen LogP contribution in [0.3, 0.4) is 0 Å². The van der Waals surface area contributed by atoms with Gasteiger partial charge in [-0.3, -0.25) is 9.19 Å². The second-order valence-electron chi connectivity index (χ2n) is 5.78. The number of alkyl halides is 3. The fraction of sp³-hybridized carbons (Fsp3) is 0.235. The van der Waals surface area contributed by atoms with Crippen molar-refractivity contribution in [2.45, 2.75) is 23.5 Å². The van der Waals surface area contributed by atoms with Crippen LogP contribution in [-0.2, 0) is 14.3 Å². The molecule has 1 aliphatic rings. The fourth-order valence-electron chi connectivity index (χ4n) is 2.73. The molecule has 144 valence electrons. The molecule has 5 nitrogen and oxygen atoms in total. The summed E-state index contributed by atoms with van der Waals surface area (Å²) in [7, 11) is -2.89. The van der Waals surface area contributed by atoms with Crippen molar-refractivity contribution in [1.82, 2.24) is 0 Å². The Morgan fingerprint density at radius 2 is 1.67 bits per heavy atom. The first-order valence-corrected chi connectivity index (χ1v) is 9.13. The van der Waals surface area contributed by atoms with Gasteiger partial charge in [-0.2, -0.15) is 26.7 Å². The van der Waals surface area contributed by atoms with Gasteiger partial charge >= 0.3 is 6.18 Å². The number of hydrogen-bond acceptors (Lipinski definition) is 5. The van der Waals surface area contributed by atoms with Gasteiger partial charge in [-0.25, -0.2) is 4.39 Å². The molecule has 0 N–H and O–H groups in total. The normalized spacial score (nSPS) is 17.9. The lowest BCUT2D eigenvalue weighted by atomic mass is 10.0. The zero-order valence-electron chi connectivity index (χ0n) is 13.9. The van der Waals surface area contributed by atoms with Gasteiger partial charge in [-0.05, 0) is 42.0 Å². The van der Waals surface area contributed by atoms with E-state index in [1.807, 2.05) is 0 Å². The van der Waals surface area contributed by atoms with Crippen LogP contribution < -0.4 is 5.01 Å². The molecule has 27 heavy (non-hydrogen) atoms. The van der Waals surface area contributed by atoms with E-state index in [0.717, 1.165) is 24.3 Å². The van der Waals surface area contributed by atoms with Crippen molar-refractivity contribution in [3.8, 4) is 0 Å². The van der Waals surface area contributed by atoms with Crippen molar-refractivity contribution >= 4 is 21.5 Å². The molecular weight excluding hydrogens is 388 g/mol. The van der Waals surface area contributed by atoms with Crippen molar-refractivity contribution < 1.29 is 30.2 Å². The summed E-state index contributed by atoms with van der Waals surface area (Å²) in [6.45, 7) is 0. The van der Waals surface area contributed by atoms with Gasteiger partial charge in [0.25, 0.3) is 10.1 Å². The predicted molar refractivity (Wildman–Crippen MR) is 90.4 cm³/mol. The van der Waals surface area contributed by atoms with Crippen molar-refractivity contribution in [2.75, 3.05) is 12.1 Å². The van der Waals surface area contributed by atoms with Gasteiger partial charge < -0.3 is 0 Å². The van der Waals surface area contributed by atoms with Gasteiger partial charge in [-0.1, -0.05) is 12.1 Å². The Morgan fingerprint density at radius 1 is 1.07 bits per heavy atom. The smallest absolute Gasteiger partial charge is 0.270 e. The molecule has 0 aliphatic carbocycles. The summed E-state index contributed by atoms with van der Waals surface area (Å²) in [6, 6.07) is 9.41. The summed E-state index contributed by atoms with van der Waals surface area (Å²) < 4.78 is 80.4. The molecule has 0 saturated carbocycles. The summed E-state index contributed by atoms with van der Waals surface area (Å²) >= 11 is 0. The third-order valence-electron chi connectivity index (χ3n) is 4.10. The molecule has 1 atom stereocenters. The molecule has 0 amide bonds. The first kappa shape index (κ1) is 19.3. The Morgan fingerprint density at radius 3 is 2.19 bits per heavy atom. The van der Waals surface area contributed by atoms with Gasteiger partial charge in [0, 0.05) is 6.42 Å². The Bertz CT molecular complexity index is 955. The average molecular weight is 402 g/mol. The number of nitrogens with zero attached hydrogens (tertiary/aromatic N) is 2. The number of benzene rings is 2. The van der Waals surface area contributed by atoms with Crippen LogP contribution in [0, 0.1) is 5.82 Å². The zero-order chi connectivity index (χ0) is 19.8. The van der Waals surface area contributed by atoms with Crippen molar-refractivity contribution in [1.29, 1.82) is 0 Å². The van der Waals surface area contributed by atoms with Gasteiger partial charge in [0.15, 0.2) is 0 Å². The lowest BCUT2D eigenvalue weighted by Crippen LogP contribution is -2.21. The van der Waals surface area contributed by atoms with Crippen molar-refractivity contribution in [3.63, 3.8) is 0 Å². The molecule has 1 aliphatic heterocycles. The van der Waals surface area contributed by atoms with Gasteiger partial charge in [0.1, 0.15) is 11.5 Å². The quantitative estimate of drug-likeness (QED) is 0.572. The minimum absolute atomic E-state index is 0.114. The second-order valence-corrected chi connectivity index (χ2v) is 7.49. The number of halogens is 4. The molecule has 1 heterocycles. The molecule has 2 aromatic rings. The SMILES string of the molecule is COS(=O)(=O)c1ccc(C2CC(C(F)(F)F)=NN2c2ccc(F)cc2)cc1. The molecule has 0 radical (unpaired) electrons. The van der Waals surface area contributed by atoms with E-state index in [0.29, 0.717) is 5.56 Å². The van der Waals surface area contributed by atoms with Crippen LogP contribution in [0.5, 0.6) is 0 Å². The lowest BCUT2D eigenvalue weighted by molar-refractivity contribution is -0.0600. The Balaban J connectivity index is 1.98. The standard InChI is InChI=1S/C17H14F4N2O3S/c1-26-27(24,25)14-8-2-11(3-9-14)15-10-16(17(19,20)21)22-23(15)13-6-4-12(18)5-7-13/h2-9,15H,10H2,1H3. The van der Waals surface area contributed by atoms with E-state index in [2.05, 4.69) is 9.28 Å². The molecule has 0 spiro atoms. The van der Waals surface area contributed by atoms with Crippen molar-refractivity contribution in [3.05, 3.63) is 59.9 Å².